The molecule has 0 aliphatic carbocycles. The summed E-state index contributed by atoms with van der Waals surface area (Å²) in [5.41, 5.74) is 0. The van der Waals surface area contributed by atoms with Gasteiger partial charge in [0.15, 0.2) is 0 Å². The fourth-order valence-electron chi connectivity index (χ4n) is 1.15. The first kappa shape index (κ1) is 13.6. The molecule has 0 bridgehead atoms. The molecule has 0 saturated carbocycles. The van der Waals surface area contributed by atoms with Gasteiger partial charge in [0.25, 0.3) is 0 Å². The maximum absolute atomic E-state index is 11.0. The Hall–Kier alpha value is -1.42. The van der Waals surface area contributed by atoms with Crippen molar-refractivity contribution in [3.8, 4) is 5.75 Å². The Morgan fingerprint density at radius 1 is 1.35 bits per heavy atom. The molecule has 0 amide bonds. The van der Waals surface area contributed by atoms with Crippen molar-refractivity contribution in [2.75, 3.05) is 19.5 Å². The van der Waals surface area contributed by atoms with E-state index in [2.05, 4.69) is 0 Å². The van der Waals surface area contributed by atoms with Crippen molar-refractivity contribution in [3.05, 3.63) is 36.4 Å². The second kappa shape index (κ2) is 7.79. The van der Waals surface area contributed by atoms with E-state index in [9.17, 15) is 4.79 Å². The van der Waals surface area contributed by atoms with Crippen molar-refractivity contribution in [1.29, 1.82) is 0 Å². The molecule has 17 heavy (non-hydrogen) atoms. The monoisotopic (exact) mass is 252 g/mol. The summed E-state index contributed by atoms with van der Waals surface area (Å²) in [6, 6.07) is 7.80. The van der Waals surface area contributed by atoms with E-state index in [0.717, 1.165) is 16.4 Å². The maximum atomic E-state index is 11.0. The Bertz CT molecular complexity index is 371. The average Bonchev–Trinajstić information content (AvgIpc) is 2.36. The van der Waals surface area contributed by atoms with Crippen LogP contribution in [0.25, 0.3) is 0 Å². The number of hydrogen-bond donors (Lipinski definition) is 0. The summed E-state index contributed by atoms with van der Waals surface area (Å²) in [5, 5.41) is 0. The van der Waals surface area contributed by atoms with Gasteiger partial charge in [0.05, 0.1) is 13.7 Å². The van der Waals surface area contributed by atoms with Gasteiger partial charge >= 0.3 is 5.97 Å². The van der Waals surface area contributed by atoms with E-state index in [4.69, 9.17) is 9.47 Å². The normalized spacial score (nSPS) is 10.5. The Morgan fingerprint density at radius 3 is 2.65 bits per heavy atom. The molecule has 1 rings (SSSR count). The minimum absolute atomic E-state index is 0.289. The van der Waals surface area contributed by atoms with Gasteiger partial charge in [-0.05, 0) is 31.2 Å². The van der Waals surface area contributed by atoms with Gasteiger partial charge in [0, 0.05) is 16.7 Å². The van der Waals surface area contributed by atoms with Crippen molar-refractivity contribution >= 4 is 17.7 Å². The van der Waals surface area contributed by atoms with Crippen molar-refractivity contribution in [2.45, 2.75) is 11.8 Å². The average molecular weight is 252 g/mol. The predicted octanol–water partition coefficient (Wildman–Crippen LogP) is 2.91. The third-order valence-corrected chi connectivity index (χ3v) is 2.91. The van der Waals surface area contributed by atoms with Gasteiger partial charge < -0.3 is 9.47 Å². The number of carbonyl (C=O) groups excluding carboxylic acids is 1. The highest BCUT2D eigenvalue weighted by Gasteiger charge is 1.95. The fraction of sp³-hybridized carbons (Fsp3) is 0.308. The molecule has 3 nitrogen and oxygen atoms in total. The molecule has 0 heterocycles. The molecule has 0 saturated heterocycles. The number of ether oxygens (including phenoxy) is 2. The van der Waals surface area contributed by atoms with E-state index in [1.807, 2.05) is 24.3 Å². The molecule has 92 valence electrons. The topological polar surface area (TPSA) is 35.5 Å². The zero-order valence-electron chi connectivity index (χ0n) is 10.0. The Balaban J connectivity index is 2.32. The van der Waals surface area contributed by atoms with Crippen LogP contribution in [-0.4, -0.2) is 25.4 Å². The van der Waals surface area contributed by atoms with Crippen LogP contribution in [0.5, 0.6) is 5.75 Å². The second-order valence-corrected chi connectivity index (χ2v) is 4.23. The molecule has 1 aromatic carbocycles. The van der Waals surface area contributed by atoms with Gasteiger partial charge in [-0.15, -0.1) is 11.8 Å². The minimum Gasteiger partial charge on any atom is -0.497 e. The standard InChI is InChI=1S/C13H16O3S/c1-3-16-13(14)5-4-10-17-12-8-6-11(15-2)7-9-12/h4-9H,3,10H2,1-2H3/b5-4+. The van der Waals surface area contributed by atoms with Crippen LogP contribution in [0.2, 0.25) is 0 Å². The molecule has 0 atom stereocenters. The Kier molecular flexibility index (Phi) is 6.25. The first-order valence-electron chi connectivity index (χ1n) is 5.36. The largest absolute Gasteiger partial charge is 0.497 e. The van der Waals surface area contributed by atoms with Crippen molar-refractivity contribution in [2.24, 2.45) is 0 Å². The van der Waals surface area contributed by atoms with Crippen LogP contribution in [0.1, 0.15) is 6.92 Å². The molecule has 4 heteroatoms. The second-order valence-electron chi connectivity index (χ2n) is 3.14. The molecular formula is C13H16O3S. The van der Waals surface area contributed by atoms with Gasteiger partial charge in [0.2, 0.25) is 0 Å². The molecule has 0 radical (unpaired) electrons. The fourth-order valence-corrected chi connectivity index (χ4v) is 1.86. The number of carbonyl (C=O) groups is 1. The van der Waals surface area contributed by atoms with Crippen LogP contribution in [0.3, 0.4) is 0 Å². The molecule has 0 aliphatic rings. The number of hydrogen-bond acceptors (Lipinski definition) is 4. The highest BCUT2D eigenvalue weighted by molar-refractivity contribution is 7.99. The number of benzene rings is 1. The van der Waals surface area contributed by atoms with Gasteiger partial charge in [0.1, 0.15) is 5.75 Å². The van der Waals surface area contributed by atoms with Crippen molar-refractivity contribution in [3.63, 3.8) is 0 Å². The van der Waals surface area contributed by atoms with Crippen LogP contribution in [0.15, 0.2) is 41.3 Å². The van der Waals surface area contributed by atoms with Gasteiger partial charge in [-0.2, -0.15) is 0 Å². The van der Waals surface area contributed by atoms with E-state index in [1.165, 1.54) is 6.08 Å². The lowest BCUT2D eigenvalue weighted by Crippen LogP contribution is -1.98. The van der Waals surface area contributed by atoms with Gasteiger partial charge in [-0.1, -0.05) is 6.08 Å². The number of methoxy groups -OCH3 is 1. The molecule has 0 N–H and O–H groups in total. The van der Waals surface area contributed by atoms with Gasteiger partial charge in [-0.3, -0.25) is 0 Å². The van der Waals surface area contributed by atoms with E-state index in [-0.39, 0.29) is 5.97 Å². The lowest BCUT2D eigenvalue weighted by molar-refractivity contribution is -0.137. The van der Waals surface area contributed by atoms with E-state index >= 15 is 0 Å². The van der Waals surface area contributed by atoms with E-state index < -0.39 is 0 Å². The van der Waals surface area contributed by atoms with Crippen LogP contribution < -0.4 is 4.74 Å². The third-order valence-electron chi connectivity index (χ3n) is 1.95. The number of esters is 1. The first-order valence-corrected chi connectivity index (χ1v) is 6.35. The van der Waals surface area contributed by atoms with Crippen molar-refractivity contribution in [1.82, 2.24) is 0 Å². The summed E-state index contributed by atoms with van der Waals surface area (Å²) in [4.78, 5) is 12.1. The maximum Gasteiger partial charge on any atom is 0.330 e. The zero-order valence-corrected chi connectivity index (χ0v) is 10.8. The summed E-state index contributed by atoms with van der Waals surface area (Å²) in [6.45, 7) is 2.20. The lowest BCUT2D eigenvalue weighted by atomic mass is 10.3. The minimum atomic E-state index is -0.289. The number of thioether (sulfide) groups is 1. The summed E-state index contributed by atoms with van der Waals surface area (Å²) in [7, 11) is 1.64. The van der Waals surface area contributed by atoms with Gasteiger partial charge in [-0.25, -0.2) is 4.79 Å². The molecule has 0 unspecified atom stereocenters. The van der Waals surface area contributed by atoms with Crippen LogP contribution in [-0.2, 0) is 9.53 Å². The number of rotatable bonds is 6. The highest BCUT2D eigenvalue weighted by Crippen LogP contribution is 2.21. The SMILES string of the molecule is CCOC(=O)/C=C/CSc1ccc(OC)cc1. The summed E-state index contributed by atoms with van der Waals surface area (Å²) < 4.78 is 9.84. The highest BCUT2D eigenvalue weighted by atomic mass is 32.2. The quantitative estimate of drug-likeness (QED) is 0.443. The molecule has 0 aliphatic heterocycles. The smallest absolute Gasteiger partial charge is 0.330 e. The summed E-state index contributed by atoms with van der Waals surface area (Å²) in [6.07, 6.45) is 3.26. The van der Waals surface area contributed by atoms with Crippen LogP contribution in [0.4, 0.5) is 0 Å². The molecule has 1 aromatic rings. The van der Waals surface area contributed by atoms with E-state index in [1.54, 1.807) is 31.9 Å². The molecular weight excluding hydrogens is 236 g/mol. The zero-order chi connectivity index (χ0) is 12.5. The Labute approximate surface area is 106 Å². The molecule has 0 aromatic heterocycles. The first-order chi connectivity index (χ1) is 8.26. The molecule has 0 spiro atoms. The van der Waals surface area contributed by atoms with Crippen LogP contribution in [0, 0.1) is 0 Å². The van der Waals surface area contributed by atoms with E-state index in [0.29, 0.717) is 6.61 Å². The summed E-state index contributed by atoms with van der Waals surface area (Å²) in [5.74, 6) is 1.30. The molecule has 0 fully saturated rings. The van der Waals surface area contributed by atoms with Crippen molar-refractivity contribution < 1.29 is 14.3 Å². The third kappa shape index (κ3) is 5.45. The van der Waals surface area contributed by atoms with Crippen LogP contribution >= 0.6 is 11.8 Å². The lowest BCUT2D eigenvalue weighted by Gasteiger charge is -2.01. The summed E-state index contributed by atoms with van der Waals surface area (Å²) >= 11 is 1.65. The predicted molar refractivity (Wildman–Crippen MR) is 69.5 cm³/mol. The Morgan fingerprint density at radius 2 is 2.06 bits per heavy atom.